The average Bonchev–Trinajstić information content (AvgIpc) is 2.49. The molecule has 0 aromatic heterocycles. The Kier molecular flexibility index (Phi) is 5.21. The molecule has 22 heavy (non-hydrogen) atoms. The monoisotopic (exact) mass is 370 g/mol. The molecule has 1 saturated heterocycles. The van der Waals surface area contributed by atoms with Crippen LogP contribution in [-0.4, -0.2) is 47.8 Å². The Labute approximate surface area is 138 Å². The Hall–Kier alpha value is -1.43. The molecule has 0 saturated carbocycles. The normalized spacial score (nSPS) is 15.4. The highest BCUT2D eigenvalue weighted by Gasteiger charge is 2.27. The number of piperazine rings is 1. The van der Waals surface area contributed by atoms with Crippen molar-refractivity contribution >= 4 is 27.7 Å². The molecule has 1 heterocycles. The van der Waals surface area contributed by atoms with Crippen molar-refractivity contribution in [1.29, 1.82) is 0 Å². The van der Waals surface area contributed by atoms with Gasteiger partial charge in [-0.2, -0.15) is 0 Å². The van der Waals surface area contributed by atoms with E-state index in [1.807, 2.05) is 13.8 Å². The maximum absolute atomic E-state index is 13.7. The van der Waals surface area contributed by atoms with Crippen molar-refractivity contribution in [3.63, 3.8) is 0 Å². The van der Waals surface area contributed by atoms with Crippen LogP contribution in [0.1, 0.15) is 29.8 Å². The molecule has 1 aromatic rings. The highest BCUT2D eigenvalue weighted by molar-refractivity contribution is 9.10. The fourth-order valence-corrected chi connectivity index (χ4v) is 3.00. The molecule has 2 amide bonds. The molecule has 0 unspecified atom stereocenters. The van der Waals surface area contributed by atoms with Gasteiger partial charge in [0, 0.05) is 37.7 Å². The lowest BCUT2D eigenvalue weighted by Crippen LogP contribution is -2.51. The summed E-state index contributed by atoms with van der Waals surface area (Å²) in [7, 11) is 0. The van der Waals surface area contributed by atoms with Gasteiger partial charge in [0.1, 0.15) is 5.82 Å². The molecule has 0 atom stereocenters. The minimum Gasteiger partial charge on any atom is -0.339 e. The smallest absolute Gasteiger partial charge is 0.254 e. The van der Waals surface area contributed by atoms with E-state index in [2.05, 4.69) is 15.9 Å². The van der Waals surface area contributed by atoms with Gasteiger partial charge in [-0.3, -0.25) is 9.59 Å². The van der Waals surface area contributed by atoms with Crippen LogP contribution in [0, 0.1) is 18.7 Å². The van der Waals surface area contributed by atoms with Crippen LogP contribution in [0.2, 0.25) is 0 Å². The summed E-state index contributed by atoms with van der Waals surface area (Å²) in [4.78, 5) is 27.9. The number of aryl methyl sites for hydroxylation is 1. The first kappa shape index (κ1) is 16.9. The summed E-state index contributed by atoms with van der Waals surface area (Å²) in [5.41, 5.74) is 1.11. The minimum atomic E-state index is -0.442. The van der Waals surface area contributed by atoms with Crippen LogP contribution in [0.25, 0.3) is 0 Å². The third-order valence-electron chi connectivity index (χ3n) is 3.87. The van der Waals surface area contributed by atoms with Gasteiger partial charge in [-0.05, 0) is 40.5 Å². The fourth-order valence-electron chi connectivity index (χ4n) is 2.54. The molecule has 1 fully saturated rings. The van der Waals surface area contributed by atoms with Gasteiger partial charge in [0.05, 0.1) is 4.47 Å². The highest BCUT2D eigenvalue weighted by atomic mass is 79.9. The lowest BCUT2D eigenvalue weighted by atomic mass is 10.1. The van der Waals surface area contributed by atoms with Crippen LogP contribution in [0.5, 0.6) is 0 Å². The fraction of sp³-hybridized carbons (Fsp3) is 0.500. The number of amides is 2. The largest absolute Gasteiger partial charge is 0.339 e. The SMILES string of the molecule is Cc1cc(Br)c(F)cc1C(=O)N1CCN(C(=O)C(C)C)CC1. The zero-order valence-electron chi connectivity index (χ0n) is 13.0. The van der Waals surface area contributed by atoms with Crippen LogP contribution < -0.4 is 0 Å². The second-order valence-electron chi connectivity index (χ2n) is 5.85. The first-order chi connectivity index (χ1) is 10.3. The second kappa shape index (κ2) is 6.77. The Balaban J connectivity index is 2.07. The second-order valence-corrected chi connectivity index (χ2v) is 6.71. The van der Waals surface area contributed by atoms with Crippen molar-refractivity contribution in [2.24, 2.45) is 5.92 Å². The molecule has 0 radical (unpaired) electrons. The van der Waals surface area contributed by atoms with Crippen molar-refractivity contribution < 1.29 is 14.0 Å². The summed E-state index contributed by atoms with van der Waals surface area (Å²) in [5.74, 6) is -0.550. The van der Waals surface area contributed by atoms with Crippen molar-refractivity contribution in [2.75, 3.05) is 26.2 Å². The number of rotatable bonds is 2. The topological polar surface area (TPSA) is 40.6 Å². The number of carbonyl (C=O) groups is 2. The van der Waals surface area contributed by atoms with Crippen molar-refractivity contribution in [3.05, 3.63) is 33.5 Å². The summed E-state index contributed by atoms with van der Waals surface area (Å²) in [6.45, 7) is 7.54. The van der Waals surface area contributed by atoms with Gasteiger partial charge in [0.2, 0.25) is 5.91 Å². The third kappa shape index (κ3) is 3.48. The van der Waals surface area contributed by atoms with Crippen molar-refractivity contribution in [3.8, 4) is 0 Å². The number of hydrogen-bond donors (Lipinski definition) is 0. The maximum atomic E-state index is 13.7. The summed E-state index contributed by atoms with van der Waals surface area (Å²) in [5, 5.41) is 0. The number of halogens is 2. The summed E-state index contributed by atoms with van der Waals surface area (Å²) in [6, 6.07) is 2.88. The first-order valence-corrected chi connectivity index (χ1v) is 8.14. The van der Waals surface area contributed by atoms with Crippen LogP contribution in [0.4, 0.5) is 4.39 Å². The molecule has 1 aromatic carbocycles. The number of nitrogens with zero attached hydrogens (tertiary/aromatic N) is 2. The average molecular weight is 371 g/mol. The minimum absolute atomic E-state index is 0.0370. The number of carbonyl (C=O) groups excluding carboxylic acids is 2. The Morgan fingerprint density at radius 2 is 1.68 bits per heavy atom. The van der Waals surface area contributed by atoms with Gasteiger partial charge >= 0.3 is 0 Å². The van der Waals surface area contributed by atoms with Gasteiger partial charge < -0.3 is 9.80 Å². The molecule has 6 heteroatoms. The summed E-state index contributed by atoms with van der Waals surface area (Å²) >= 11 is 3.12. The summed E-state index contributed by atoms with van der Waals surface area (Å²) < 4.78 is 14.0. The molecule has 2 rings (SSSR count). The first-order valence-electron chi connectivity index (χ1n) is 7.35. The zero-order valence-corrected chi connectivity index (χ0v) is 14.6. The third-order valence-corrected chi connectivity index (χ3v) is 4.48. The van der Waals surface area contributed by atoms with Gasteiger partial charge in [-0.25, -0.2) is 4.39 Å². The summed E-state index contributed by atoms with van der Waals surface area (Å²) in [6.07, 6.45) is 0. The molecule has 1 aliphatic rings. The lowest BCUT2D eigenvalue weighted by Gasteiger charge is -2.35. The Bertz CT molecular complexity index is 596. The molecule has 120 valence electrons. The van der Waals surface area contributed by atoms with Crippen LogP contribution >= 0.6 is 15.9 Å². The van der Waals surface area contributed by atoms with E-state index in [4.69, 9.17) is 0 Å². The van der Waals surface area contributed by atoms with Crippen molar-refractivity contribution in [2.45, 2.75) is 20.8 Å². The van der Waals surface area contributed by atoms with Crippen LogP contribution in [0.15, 0.2) is 16.6 Å². The molecule has 0 N–H and O–H groups in total. The Morgan fingerprint density at radius 3 is 2.23 bits per heavy atom. The van der Waals surface area contributed by atoms with Crippen LogP contribution in [-0.2, 0) is 4.79 Å². The molecule has 0 aliphatic carbocycles. The number of benzene rings is 1. The standard InChI is InChI=1S/C16H20BrFN2O2/c1-10(2)15(21)19-4-6-20(7-5-19)16(22)12-9-14(18)13(17)8-11(12)3/h8-10H,4-7H2,1-3H3. The van der Waals surface area contributed by atoms with E-state index in [9.17, 15) is 14.0 Å². The Morgan fingerprint density at radius 1 is 1.14 bits per heavy atom. The predicted octanol–water partition coefficient (Wildman–Crippen LogP) is 2.84. The lowest BCUT2D eigenvalue weighted by molar-refractivity contribution is -0.135. The molecule has 0 bridgehead atoms. The van der Waals surface area contributed by atoms with E-state index in [-0.39, 0.29) is 17.7 Å². The van der Waals surface area contributed by atoms with Crippen LogP contribution in [0.3, 0.4) is 0 Å². The van der Waals surface area contributed by atoms with E-state index in [1.165, 1.54) is 6.07 Å². The molecule has 0 spiro atoms. The molecular weight excluding hydrogens is 351 g/mol. The highest BCUT2D eigenvalue weighted by Crippen LogP contribution is 2.22. The predicted molar refractivity (Wildman–Crippen MR) is 86.2 cm³/mol. The number of hydrogen-bond acceptors (Lipinski definition) is 2. The molecular formula is C16H20BrFN2O2. The maximum Gasteiger partial charge on any atom is 0.254 e. The molecule has 1 aliphatic heterocycles. The zero-order chi connectivity index (χ0) is 16.4. The van der Waals surface area contributed by atoms with E-state index >= 15 is 0 Å². The van der Waals surface area contributed by atoms with E-state index in [0.717, 1.165) is 5.56 Å². The van der Waals surface area contributed by atoms with E-state index in [0.29, 0.717) is 36.2 Å². The van der Waals surface area contributed by atoms with E-state index in [1.54, 1.807) is 22.8 Å². The van der Waals surface area contributed by atoms with Gasteiger partial charge in [-0.1, -0.05) is 13.8 Å². The van der Waals surface area contributed by atoms with Gasteiger partial charge in [0.25, 0.3) is 5.91 Å². The van der Waals surface area contributed by atoms with Gasteiger partial charge in [0.15, 0.2) is 0 Å². The quantitative estimate of drug-likeness (QED) is 0.802. The van der Waals surface area contributed by atoms with E-state index < -0.39 is 5.82 Å². The molecule has 4 nitrogen and oxygen atoms in total. The van der Waals surface area contributed by atoms with Gasteiger partial charge in [-0.15, -0.1) is 0 Å². The van der Waals surface area contributed by atoms with Crippen molar-refractivity contribution in [1.82, 2.24) is 9.80 Å².